The molecule has 0 aliphatic heterocycles. The molecule has 0 bridgehead atoms. The summed E-state index contributed by atoms with van der Waals surface area (Å²) >= 11 is 0. The van der Waals surface area contributed by atoms with Crippen molar-refractivity contribution >= 4 is 10.0 Å². The fraction of sp³-hybridized carbons (Fsp3) is 1.00. The van der Waals surface area contributed by atoms with Gasteiger partial charge in [-0.3, -0.25) is 0 Å². The lowest BCUT2D eigenvalue weighted by molar-refractivity contribution is 0.213. The third kappa shape index (κ3) is 6.35. The lowest BCUT2D eigenvalue weighted by atomic mass is 9.94. The van der Waals surface area contributed by atoms with Gasteiger partial charge >= 0.3 is 0 Å². The number of hydrogen-bond donors (Lipinski definition) is 1. The summed E-state index contributed by atoms with van der Waals surface area (Å²) in [6.07, 6.45) is 0.798. The monoisotopic (exact) mass is 266 g/mol. The Morgan fingerprint density at radius 1 is 1.35 bits per heavy atom. The normalized spacial score (nSPS) is 13.3. The maximum Gasteiger partial charge on any atom is 0.216 e. The van der Waals surface area contributed by atoms with Crippen molar-refractivity contribution in [2.45, 2.75) is 27.2 Å². The lowest BCUT2D eigenvalue weighted by Gasteiger charge is -2.30. The predicted molar refractivity (Wildman–Crippen MR) is 70.4 cm³/mol. The van der Waals surface area contributed by atoms with Gasteiger partial charge in [0.25, 0.3) is 0 Å². The topological polar surface area (TPSA) is 72.6 Å². The predicted octanol–water partition coefficient (Wildman–Crippen LogP) is 0.660. The molecule has 6 heteroatoms. The quantitative estimate of drug-likeness (QED) is 0.665. The Labute approximate surface area is 105 Å². The van der Waals surface area contributed by atoms with Crippen molar-refractivity contribution in [2.24, 2.45) is 11.1 Å². The van der Waals surface area contributed by atoms with E-state index in [1.807, 2.05) is 20.8 Å². The van der Waals surface area contributed by atoms with Gasteiger partial charge in [-0.1, -0.05) is 20.8 Å². The van der Waals surface area contributed by atoms with Gasteiger partial charge in [0.05, 0.1) is 12.4 Å². The Kier molecular flexibility index (Phi) is 7.23. The smallest absolute Gasteiger partial charge is 0.216 e. The van der Waals surface area contributed by atoms with E-state index >= 15 is 0 Å². The van der Waals surface area contributed by atoms with Crippen molar-refractivity contribution in [2.75, 3.05) is 39.1 Å². The Balaban J connectivity index is 4.72. The van der Waals surface area contributed by atoms with Gasteiger partial charge in [0.2, 0.25) is 10.0 Å². The second-order valence-corrected chi connectivity index (χ2v) is 7.10. The molecule has 0 aromatic rings. The van der Waals surface area contributed by atoms with Crippen molar-refractivity contribution in [1.29, 1.82) is 0 Å². The number of rotatable bonds is 9. The molecule has 0 rings (SSSR count). The highest BCUT2D eigenvalue weighted by atomic mass is 32.2. The highest BCUT2D eigenvalue weighted by Crippen LogP contribution is 2.17. The third-order valence-electron chi connectivity index (χ3n) is 2.57. The van der Waals surface area contributed by atoms with Crippen LogP contribution < -0.4 is 5.73 Å². The number of methoxy groups -OCH3 is 1. The van der Waals surface area contributed by atoms with E-state index in [0.717, 1.165) is 6.42 Å². The summed E-state index contributed by atoms with van der Waals surface area (Å²) in [6.45, 7) is 7.61. The fourth-order valence-corrected chi connectivity index (χ4v) is 3.07. The molecule has 0 aromatic carbocycles. The van der Waals surface area contributed by atoms with Crippen LogP contribution in [-0.2, 0) is 14.8 Å². The first-order chi connectivity index (χ1) is 7.79. The van der Waals surface area contributed by atoms with Crippen molar-refractivity contribution in [3.8, 4) is 0 Å². The maximum absolute atomic E-state index is 12.1. The average Bonchev–Trinajstić information content (AvgIpc) is 2.26. The summed E-state index contributed by atoms with van der Waals surface area (Å²) in [6, 6.07) is 0. The van der Waals surface area contributed by atoms with Crippen molar-refractivity contribution in [1.82, 2.24) is 4.31 Å². The van der Waals surface area contributed by atoms with E-state index in [1.165, 1.54) is 11.4 Å². The first-order valence-corrected chi connectivity index (χ1v) is 7.57. The Morgan fingerprint density at radius 3 is 2.35 bits per heavy atom. The van der Waals surface area contributed by atoms with Gasteiger partial charge in [0.15, 0.2) is 0 Å². The highest BCUT2D eigenvalue weighted by Gasteiger charge is 2.27. The second kappa shape index (κ2) is 7.31. The molecule has 2 N–H and O–H groups in total. The molecular formula is C11H26N2O3S. The number of nitrogens with two attached hydrogens (primary N) is 1. The molecule has 0 amide bonds. The minimum atomic E-state index is -3.24. The Hall–Kier alpha value is -0.170. The number of hydrogen-bond acceptors (Lipinski definition) is 4. The van der Waals surface area contributed by atoms with Gasteiger partial charge in [0, 0.05) is 20.2 Å². The average molecular weight is 266 g/mol. The zero-order valence-electron chi connectivity index (χ0n) is 11.4. The number of nitrogens with zero attached hydrogens (tertiary/aromatic N) is 1. The van der Waals surface area contributed by atoms with Crippen LogP contribution in [0.5, 0.6) is 0 Å². The first-order valence-electron chi connectivity index (χ1n) is 5.96. The zero-order valence-corrected chi connectivity index (χ0v) is 12.2. The minimum absolute atomic E-state index is 0.0319. The summed E-state index contributed by atoms with van der Waals surface area (Å²) < 4.78 is 30.5. The van der Waals surface area contributed by atoms with Crippen LogP contribution >= 0.6 is 0 Å². The van der Waals surface area contributed by atoms with Crippen LogP contribution in [0.15, 0.2) is 0 Å². The summed E-state index contributed by atoms with van der Waals surface area (Å²) in [4.78, 5) is 0. The number of ether oxygens (including phenoxy) is 1. The van der Waals surface area contributed by atoms with Crippen molar-refractivity contribution < 1.29 is 13.2 Å². The molecule has 0 saturated heterocycles. The number of sulfonamides is 1. The Bertz CT molecular complexity index is 302. The van der Waals surface area contributed by atoms with Crippen LogP contribution in [0, 0.1) is 5.41 Å². The van der Waals surface area contributed by atoms with E-state index in [0.29, 0.717) is 19.6 Å². The maximum atomic E-state index is 12.1. The van der Waals surface area contributed by atoms with E-state index in [9.17, 15) is 8.42 Å². The molecule has 17 heavy (non-hydrogen) atoms. The summed E-state index contributed by atoms with van der Waals surface area (Å²) in [5, 5.41) is 0. The largest absolute Gasteiger partial charge is 0.384 e. The van der Waals surface area contributed by atoms with Gasteiger partial charge < -0.3 is 10.5 Å². The molecule has 104 valence electrons. The van der Waals surface area contributed by atoms with E-state index in [2.05, 4.69) is 0 Å². The van der Waals surface area contributed by atoms with E-state index in [-0.39, 0.29) is 17.8 Å². The molecular weight excluding hydrogens is 240 g/mol. The van der Waals surface area contributed by atoms with Gasteiger partial charge in [0.1, 0.15) is 0 Å². The zero-order chi connectivity index (χ0) is 13.5. The SMILES string of the molecule is CCCN(CC(C)(C)CN)S(=O)(=O)CCOC. The molecule has 0 radical (unpaired) electrons. The summed E-state index contributed by atoms with van der Waals surface area (Å²) in [7, 11) is -1.73. The van der Waals surface area contributed by atoms with Crippen LogP contribution in [0.3, 0.4) is 0 Å². The molecule has 0 atom stereocenters. The van der Waals surface area contributed by atoms with Crippen LogP contribution in [0.25, 0.3) is 0 Å². The van der Waals surface area contributed by atoms with E-state index in [1.54, 1.807) is 0 Å². The van der Waals surface area contributed by atoms with Gasteiger partial charge in [-0.15, -0.1) is 0 Å². The van der Waals surface area contributed by atoms with Crippen LogP contribution in [0.1, 0.15) is 27.2 Å². The van der Waals surface area contributed by atoms with Crippen LogP contribution in [0.4, 0.5) is 0 Å². The molecule has 0 aromatic heterocycles. The lowest BCUT2D eigenvalue weighted by Crippen LogP contribution is -2.43. The fourth-order valence-electron chi connectivity index (χ4n) is 1.43. The third-order valence-corrected chi connectivity index (χ3v) is 4.35. The summed E-state index contributed by atoms with van der Waals surface area (Å²) in [5.41, 5.74) is 5.45. The molecule has 0 aliphatic carbocycles. The van der Waals surface area contributed by atoms with Gasteiger partial charge in [-0.2, -0.15) is 0 Å². The second-order valence-electron chi connectivity index (χ2n) is 5.01. The molecule has 0 saturated carbocycles. The molecule has 0 spiro atoms. The molecule has 0 heterocycles. The molecule has 0 fully saturated rings. The highest BCUT2D eigenvalue weighted by molar-refractivity contribution is 7.89. The standard InChI is InChI=1S/C11H26N2O3S/c1-5-6-13(10-11(2,3)9-12)17(14,15)8-7-16-4/h5-10,12H2,1-4H3. The van der Waals surface area contributed by atoms with Crippen LogP contribution in [-0.4, -0.2) is 51.8 Å². The van der Waals surface area contributed by atoms with Gasteiger partial charge in [-0.25, -0.2) is 12.7 Å². The molecule has 5 nitrogen and oxygen atoms in total. The first kappa shape index (κ1) is 16.8. The minimum Gasteiger partial charge on any atom is -0.384 e. The Morgan fingerprint density at radius 2 is 1.94 bits per heavy atom. The summed E-state index contributed by atoms with van der Waals surface area (Å²) in [5.74, 6) is 0.0319. The van der Waals surface area contributed by atoms with Crippen molar-refractivity contribution in [3.63, 3.8) is 0 Å². The van der Waals surface area contributed by atoms with Crippen molar-refractivity contribution in [3.05, 3.63) is 0 Å². The molecule has 0 unspecified atom stereocenters. The van der Waals surface area contributed by atoms with E-state index in [4.69, 9.17) is 10.5 Å². The van der Waals surface area contributed by atoms with Gasteiger partial charge in [-0.05, 0) is 18.4 Å². The van der Waals surface area contributed by atoms with E-state index < -0.39 is 10.0 Å². The molecule has 0 aliphatic rings. The van der Waals surface area contributed by atoms with Crippen LogP contribution in [0.2, 0.25) is 0 Å².